The quantitative estimate of drug-likeness (QED) is 0.0273. The highest BCUT2D eigenvalue weighted by Gasteiger charge is 2.42. The molecule has 440 valence electrons. The first-order valence-corrected chi connectivity index (χ1v) is 26.5. The van der Waals surface area contributed by atoms with E-state index in [1.54, 1.807) is 36.4 Å². The maximum atomic E-state index is 13.1. The van der Waals surface area contributed by atoms with Crippen molar-refractivity contribution < 1.29 is 81.4 Å². The summed E-state index contributed by atoms with van der Waals surface area (Å²) in [5.41, 5.74) is 7.00. The third-order valence-electron chi connectivity index (χ3n) is 13.5. The van der Waals surface area contributed by atoms with Crippen LogP contribution in [0.4, 0.5) is 52.7 Å². The lowest BCUT2D eigenvalue weighted by molar-refractivity contribution is -0.186. The lowest BCUT2D eigenvalue weighted by Gasteiger charge is -2.32. The third-order valence-corrected chi connectivity index (χ3v) is 15.7. The molecule has 2 aliphatic heterocycles. The summed E-state index contributed by atoms with van der Waals surface area (Å²) in [4.78, 5) is 28.2. The number of hydrogen-bond donors (Lipinski definition) is 3. The zero-order chi connectivity index (χ0) is 59.1. The van der Waals surface area contributed by atoms with Crippen LogP contribution in [0, 0.1) is 11.8 Å². The Balaban J connectivity index is 0.000000215. The monoisotopic (exact) mass is 1200 g/mol. The predicted molar refractivity (Wildman–Crippen MR) is 276 cm³/mol. The average molecular weight is 1200 g/mol. The van der Waals surface area contributed by atoms with E-state index in [9.17, 15) is 57.5 Å². The number of likely N-dealkylation sites (tertiary alicyclic amines) is 2. The second-order valence-corrected chi connectivity index (χ2v) is 21.0. The molecule has 0 amide bonds. The van der Waals surface area contributed by atoms with Gasteiger partial charge in [0.05, 0.1) is 69.5 Å². The van der Waals surface area contributed by atoms with Crippen molar-refractivity contribution in [3.63, 3.8) is 0 Å². The zero-order valence-corrected chi connectivity index (χ0v) is 44.9. The fraction of sp³-hybridized carbons (Fsp3) is 0.377. The first-order valence-electron chi connectivity index (χ1n) is 24.9. The van der Waals surface area contributed by atoms with Crippen LogP contribution in [0.2, 0.25) is 0 Å². The van der Waals surface area contributed by atoms with Crippen molar-refractivity contribution in [1.29, 1.82) is 0 Å². The number of aromatic nitrogens is 4. The Morgan fingerprint density at radius 3 is 1.46 bits per heavy atom. The van der Waals surface area contributed by atoms with Gasteiger partial charge in [0.2, 0.25) is 0 Å². The van der Waals surface area contributed by atoms with Crippen molar-refractivity contribution in [1.82, 2.24) is 29.9 Å². The minimum absolute atomic E-state index is 0.0162. The smallest absolute Gasteiger partial charge is 0.439 e. The second-order valence-electron chi connectivity index (χ2n) is 18.8. The minimum Gasteiger partial charge on any atom is -0.496 e. The Morgan fingerprint density at radius 2 is 1.09 bits per heavy atom. The van der Waals surface area contributed by atoms with Crippen LogP contribution in [-0.4, -0.2) is 93.7 Å². The van der Waals surface area contributed by atoms with Crippen molar-refractivity contribution in [3.05, 3.63) is 133 Å². The molecule has 5 heterocycles. The van der Waals surface area contributed by atoms with E-state index in [0.717, 1.165) is 24.3 Å². The van der Waals surface area contributed by atoms with Crippen LogP contribution >= 0.6 is 22.7 Å². The lowest BCUT2D eigenvalue weighted by Crippen LogP contribution is -2.38. The number of benzene rings is 4. The van der Waals surface area contributed by atoms with E-state index >= 15 is 0 Å². The summed E-state index contributed by atoms with van der Waals surface area (Å²) in [6.07, 6.45) is -17.5. The van der Waals surface area contributed by atoms with Gasteiger partial charge in [-0.05, 0) is 100 Å². The maximum absolute atomic E-state index is 13.1. The van der Waals surface area contributed by atoms with Crippen LogP contribution in [0.3, 0.4) is 0 Å². The number of nitrogens with one attached hydrogen (secondary N) is 1. The van der Waals surface area contributed by atoms with E-state index in [2.05, 4.69) is 29.8 Å². The summed E-state index contributed by atoms with van der Waals surface area (Å²) in [5, 5.41) is 16.5. The molecule has 0 radical (unpaired) electrons. The Bertz CT molecular complexity index is 3340. The zero-order valence-electron chi connectivity index (χ0n) is 43.2. The highest BCUT2D eigenvalue weighted by Crippen LogP contribution is 2.40. The SMILES string of the molecule is COc1cc(OCc2sc(-c3ccc(C(F)(F)F)cc3)nc2CN2CCC(C(F)(F)F)CC2)ccc1-c1noc(=O)[nH]1.COc1cc(OCc2sc(-c3ccc(C(F)(F)F)cc3)nc2CN2CCC(C(F)(F)F)CC2)ccc1/C(N)=N/O. The van der Waals surface area contributed by atoms with Gasteiger partial charge in [-0.25, -0.2) is 14.8 Å². The molecule has 2 saturated heterocycles. The number of hydrogen-bond acceptors (Lipinski definition) is 15. The van der Waals surface area contributed by atoms with Crippen molar-refractivity contribution in [2.24, 2.45) is 22.7 Å². The maximum Gasteiger partial charge on any atom is 0.439 e. The Morgan fingerprint density at radius 1 is 0.659 bits per heavy atom. The van der Waals surface area contributed by atoms with Gasteiger partial charge in [0, 0.05) is 36.3 Å². The van der Waals surface area contributed by atoms with Gasteiger partial charge >= 0.3 is 30.5 Å². The fourth-order valence-corrected chi connectivity index (χ4v) is 11.0. The molecule has 4 N–H and O–H groups in total. The number of rotatable bonds is 16. The topological polar surface area (TPSA) is 187 Å². The van der Waals surface area contributed by atoms with E-state index in [-0.39, 0.29) is 89.8 Å². The highest BCUT2D eigenvalue weighted by molar-refractivity contribution is 7.15. The second kappa shape index (κ2) is 25.4. The molecule has 9 rings (SSSR count). The first-order chi connectivity index (χ1) is 38.8. The average Bonchev–Trinajstić information content (AvgIpc) is 4.20. The molecule has 29 heteroatoms. The molecule has 0 aliphatic carbocycles. The van der Waals surface area contributed by atoms with Gasteiger partial charge in [-0.15, -0.1) is 22.7 Å². The summed E-state index contributed by atoms with van der Waals surface area (Å²) in [7, 11) is 2.84. The molecule has 3 aromatic heterocycles. The van der Waals surface area contributed by atoms with E-state index in [1.165, 1.54) is 61.2 Å². The fourth-order valence-electron chi connectivity index (χ4n) is 8.98. The van der Waals surface area contributed by atoms with Gasteiger partial charge in [-0.1, -0.05) is 34.6 Å². The van der Waals surface area contributed by atoms with Crippen LogP contribution < -0.4 is 30.4 Å². The predicted octanol–water partition coefficient (Wildman–Crippen LogP) is 12.8. The van der Waals surface area contributed by atoms with Crippen molar-refractivity contribution in [3.8, 4) is 55.5 Å². The standard InChI is InChI=1S/C27H24F6N4O4S.C26H26F6N4O3S/c1-39-21-12-18(6-7-19(21)23-35-25(38)41-36-23)40-14-22-20(13-37-10-8-17(9-11-37)27(31,32)33)34-24(42-22)15-2-4-16(5-3-15)26(28,29)30;1-38-21-12-18(6-7-19(21)23(33)35-37)39-14-22-20(13-36-10-8-17(9-11-36)26(30,31)32)34-24(40-22)15-2-4-16(5-3-15)25(27,28)29/h2-7,12,17H,8-11,13-14H2,1H3,(H,35,36,38);2-7,12,17,37H,8-11,13-14H2,1H3,(H2,33,35). The number of amidine groups is 1. The summed E-state index contributed by atoms with van der Waals surface area (Å²) in [5.74, 6) is -1.94. The highest BCUT2D eigenvalue weighted by atomic mass is 32.1. The molecule has 0 atom stereocenters. The lowest BCUT2D eigenvalue weighted by atomic mass is 9.96. The molecular weight excluding hydrogens is 1150 g/mol. The summed E-state index contributed by atoms with van der Waals surface area (Å²) in [6, 6.07) is 18.8. The Labute approximate surface area is 466 Å². The van der Waals surface area contributed by atoms with Crippen LogP contribution in [0.25, 0.3) is 32.5 Å². The van der Waals surface area contributed by atoms with Crippen LogP contribution in [0.5, 0.6) is 23.0 Å². The normalized spacial score (nSPS) is 15.5. The van der Waals surface area contributed by atoms with Crippen LogP contribution in [0.15, 0.2) is 99.4 Å². The number of thiazole rings is 2. The molecule has 4 aromatic carbocycles. The molecule has 15 nitrogen and oxygen atoms in total. The number of H-pyrrole nitrogens is 1. The summed E-state index contributed by atoms with van der Waals surface area (Å²) < 4.78 is 184. The van der Waals surface area contributed by atoms with Crippen LogP contribution in [-0.2, 0) is 38.7 Å². The van der Waals surface area contributed by atoms with Crippen molar-refractivity contribution in [2.75, 3.05) is 40.4 Å². The summed E-state index contributed by atoms with van der Waals surface area (Å²) in [6.45, 7) is 1.57. The first kappa shape index (κ1) is 60.7. The third kappa shape index (κ3) is 15.4. The molecule has 0 spiro atoms. The Kier molecular flexibility index (Phi) is 18.8. The van der Waals surface area contributed by atoms with Crippen molar-refractivity contribution >= 4 is 28.5 Å². The van der Waals surface area contributed by atoms with Gasteiger partial charge in [-0.3, -0.25) is 19.3 Å². The number of nitrogens with zero attached hydrogens (tertiary/aromatic N) is 6. The number of nitrogens with two attached hydrogens (primary N) is 1. The largest absolute Gasteiger partial charge is 0.496 e. The van der Waals surface area contributed by atoms with E-state index < -0.39 is 53.4 Å². The van der Waals surface area contributed by atoms with Crippen molar-refractivity contribution in [2.45, 2.75) is 76.7 Å². The van der Waals surface area contributed by atoms with Gasteiger partial charge in [0.25, 0.3) is 0 Å². The molecular formula is C53H50F12N8O7S2. The number of aromatic amines is 1. The molecule has 82 heavy (non-hydrogen) atoms. The number of oxime groups is 1. The van der Waals surface area contributed by atoms with Gasteiger partial charge in [0.1, 0.15) is 46.2 Å². The molecule has 0 saturated carbocycles. The number of methoxy groups -OCH3 is 2. The van der Waals surface area contributed by atoms with Crippen LogP contribution in [0.1, 0.15) is 63.5 Å². The molecule has 2 fully saturated rings. The number of piperidine rings is 2. The van der Waals surface area contributed by atoms with Gasteiger partial charge in [0.15, 0.2) is 11.7 Å². The minimum atomic E-state index is -4.48. The van der Waals surface area contributed by atoms with Gasteiger partial charge in [-0.2, -0.15) is 52.7 Å². The number of alkyl halides is 12. The molecule has 0 bridgehead atoms. The number of ether oxygens (including phenoxy) is 4. The van der Waals surface area contributed by atoms with E-state index in [1.807, 2.05) is 9.80 Å². The van der Waals surface area contributed by atoms with Gasteiger partial charge < -0.3 is 29.9 Å². The number of halogens is 12. The molecule has 2 aliphatic rings. The Hall–Kier alpha value is -7.37. The summed E-state index contributed by atoms with van der Waals surface area (Å²) >= 11 is 2.47. The molecule has 7 aromatic rings. The van der Waals surface area contributed by atoms with E-state index in [0.29, 0.717) is 76.4 Å². The molecule has 0 unspecified atom stereocenters. The van der Waals surface area contributed by atoms with E-state index in [4.69, 9.17) is 29.9 Å².